The summed E-state index contributed by atoms with van der Waals surface area (Å²) in [6.07, 6.45) is 7.74. The molecule has 1 heterocycles. The molecule has 0 aromatic carbocycles. The molecule has 1 nitrogen and oxygen atoms in total. The van der Waals surface area contributed by atoms with Crippen LogP contribution in [0.1, 0.15) is 30.7 Å². The molecule has 0 aliphatic rings. The fourth-order valence-corrected chi connectivity index (χ4v) is 0.952. The van der Waals surface area contributed by atoms with Crippen molar-refractivity contribution in [3.05, 3.63) is 41.7 Å². The molecule has 13 heavy (non-hydrogen) atoms. The Bertz CT molecular complexity index is 279. The molecule has 0 saturated heterocycles. The lowest BCUT2D eigenvalue weighted by atomic mass is 10.2. The topological polar surface area (TPSA) is 15.8 Å². The van der Waals surface area contributed by atoms with Gasteiger partial charge in [-0.05, 0) is 31.1 Å². The fourth-order valence-electron chi connectivity index (χ4n) is 0.952. The van der Waals surface area contributed by atoms with Crippen molar-refractivity contribution >= 4 is 6.08 Å². The Hall–Kier alpha value is -1.24. The van der Waals surface area contributed by atoms with Gasteiger partial charge < -0.3 is 4.98 Å². The van der Waals surface area contributed by atoms with E-state index in [1.165, 1.54) is 16.8 Å². The third kappa shape index (κ3) is 3.32. The number of aromatic amines is 1. The minimum absolute atomic E-state index is 1.17. The summed E-state index contributed by atoms with van der Waals surface area (Å²) in [5, 5.41) is 0. The average Bonchev–Trinajstić information content (AvgIpc) is 2.48. The quantitative estimate of drug-likeness (QED) is 0.660. The first-order valence-corrected chi connectivity index (χ1v) is 4.69. The molecule has 72 valence electrons. The van der Waals surface area contributed by atoms with Gasteiger partial charge >= 0.3 is 0 Å². The van der Waals surface area contributed by atoms with Gasteiger partial charge in [0.2, 0.25) is 0 Å². The second-order valence-electron chi connectivity index (χ2n) is 2.61. The summed E-state index contributed by atoms with van der Waals surface area (Å²) >= 11 is 0. The number of rotatable bonds is 2. The average molecular weight is 177 g/mol. The Morgan fingerprint density at radius 2 is 1.92 bits per heavy atom. The standard InChI is InChI=1S/C10H13N.C2H6/c1-4-5-6-10-9(3)8(2)7-11-10;1-2/h4-7,11H,1H2,2-3H3;1-2H3/b6-5-;. The van der Waals surface area contributed by atoms with Gasteiger partial charge in [0.05, 0.1) is 0 Å². The molecule has 1 aromatic rings. The molecule has 0 radical (unpaired) electrons. The van der Waals surface area contributed by atoms with Crippen LogP contribution in [-0.4, -0.2) is 4.98 Å². The van der Waals surface area contributed by atoms with Gasteiger partial charge in [0.1, 0.15) is 0 Å². The van der Waals surface area contributed by atoms with Crippen LogP contribution in [0.2, 0.25) is 0 Å². The summed E-state index contributed by atoms with van der Waals surface area (Å²) in [7, 11) is 0. The van der Waals surface area contributed by atoms with Gasteiger partial charge in [0.25, 0.3) is 0 Å². The van der Waals surface area contributed by atoms with Crippen LogP contribution in [0, 0.1) is 13.8 Å². The van der Waals surface area contributed by atoms with Gasteiger partial charge in [-0.25, -0.2) is 0 Å². The van der Waals surface area contributed by atoms with Crippen LogP contribution in [0.5, 0.6) is 0 Å². The Morgan fingerprint density at radius 1 is 1.31 bits per heavy atom. The summed E-state index contributed by atoms with van der Waals surface area (Å²) in [6, 6.07) is 0. The third-order valence-electron chi connectivity index (χ3n) is 1.84. The maximum absolute atomic E-state index is 3.61. The number of allylic oxidation sites excluding steroid dienone is 2. The molecular weight excluding hydrogens is 158 g/mol. The molecule has 0 spiro atoms. The van der Waals surface area contributed by atoms with E-state index in [-0.39, 0.29) is 0 Å². The maximum atomic E-state index is 3.61. The lowest BCUT2D eigenvalue weighted by molar-refractivity contribution is 1.34. The van der Waals surface area contributed by atoms with Crippen molar-refractivity contribution in [2.24, 2.45) is 0 Å². The first kappa shape index (κ1) is 11.8. The van der Waals surface area contributed by atoms with E-state index < -0.39 is 0 Å². The molecule has 1 rings (SSSR count). The van der Waals surface area contributed by atoms with E-state index in [0.717, 1.165) is 0 Å². The number of hydrogen-bond acceptors (Lipinski definition) is 0. The van der Waals surface area contributed by atoms with Crippen LogP contribution in [0.25, 0.3) is 6.08 Å². The highest BCUT2D eigenvalue weighted by Crippen LogP contribution is 2.12. The minimum atomic E-state index is 1.17. The highest BCUT2D eigenvalue weighted by Gasteiger charge is 1.97. The van der Waals surface area contributed by atoms with E-state index in [1.54, 1.807) is 6.08 Å². The molecule has 0 saturated carbocycles. The van der Waals surface area contributed by atoms with Crippen LogP contribution in [-0.2, 0) is 0 Å². The van der Waals surface area contributed by atoms with E-state index in [0.29, 0.717) is 0 Å². The molecule has 0 bridgehead atoms. The molecule has 0 atom stereocenters. The first-order valence-electron chi connectivity index (χ1n) is 4.69. The SMILES string of the molecule is C=C/C=C\c1[nH]cc(C)c1C.CC. The van der Waals surface area contributed by atoms with Gasteiger partial charge in [-0.2, -0.15) is 0 Å². The second-order valence-corrected chi connectivity index (χ2v) is 2.61. The zero-order valence-electron chi connectivity index (χ0n) is 9.02. The predicted octanol–water partition coefficient (Wildman–Crippen LogP) is 3.86. The Balaban J connectivity index is 0.000000671. The molecule has 0 unspecified atom stereocenters. The third-order valence-corrected chi connectivity index (χ3v) is 1.84. The minimum Gasteiger partial charge on any atom is -0.361 e. The second kappa shape index (κ2) is 6.30. The van der Waals surface area contributed by atoms with E-state index >= 15 is 0 Å². The Kier molecular flexibility index (Phi) is 5.69. The summed E-state index contributed by atoms with van der Waals surface area (Å²) in [4.78, 5) is 3.17. The molecule has 1 aromatic heterocycles. The summed E-state index contributed by atoms with van der Waals surface area (Å²) in [6.45, 7) is 11.8. The van der Waals surface area contributed by atoms with Crippen LogP contribution >= 0.6 is 0 Å². The number of aromatic nitrogens is 1. The summed E-state index contributed by atoms with van der Waals surface area (Å²) in [5.74, 6) is 0. The predicted molar refractivity (Wildman–Crippen MR) is 60.8 cm³/mol. The van der Waals surface area contributed by atoms with Crippen molar-refractivity contribution in [2.75, 3.05) is 0 Å². The molecule has 0 aliphatic carbocycles. The van der Waals surface area contributed by atoms with Gasteiger partial charge in [0, 0.05) is 11.9 Å². The van der Waals surface area contributed by atoms with Crippen molar-refractivity contribution in [3.63, 3.8) is 0 Å². The van der Waals surface area contributed by atoms with Crippen molar-refractivity contribution < 1.29 is 0 Å². The van der Waals surface area contributed by atoms with Gasteiger partial charge in [0.15, 0.2) is 0 Å². The van der Waals surface area contributed by atoms with Gasteiger partial charge in [-0.15, -0.1) is 0 Å². The first-order chi connectivity index (χ1) is 6.25. The van der Waals surface area contributed by atoms with Gasteiger partial charge in [-0.3, -0.25) is 0 Å². The lowest BCUT2D eigenvalue weighted by Crippen LogP contribution is -1.75. The zero-order chi connectivity index (χ0) is 10.3. The molecular formula is C12H19N. The van der Waals surface area contributed by atoms with Crippen LogP contribution in [0.3, 0.4) is 0 Å². The van der Waals surface area contributed by atoms with E-state index in [9.17, 15) is 0 Å². The normalized spacial score (nSPS) is 9.54. The molecule has 0 amide bonds. The van der Waals surface area contributed by atoms with Crippen molar-refractivity contribution in [1.29, 1.82) is 0 Å². The molecule has 0 aliphatic heterocycles. The zero-order valence-corrected chi connectivity index (χ0v) is 9.02. The number of aryl methyl sites for hydroxylation is 1. The monoisotopic (exact) mass is 177 g/mol. The van der Waals surface area contributed by atoms with E-state index in [4.69, 9.17) is 0 Å². The number of hydrogen-bond donors (Lipinski definition) is 1. The fraction of sp³-hybridized carbons (Fsp3) is 0.333. The van der Waals surface area contributed by atoms with Crippen molar-refractivity contribution in [1.82, 2.24) is 4.98 Å². The van der Waals surface area contributed by atoms with Gasteiger partial charge in [-0.1, -0.05) is 32.6 Å². The van der Waals surface area contributed by atoms with E-state index in [2.05, 4.69) is 25.4 Å². The number of H-pyrrole nitrogens is 1. The van der Waals surface area contributed by atoms with Crippen LogP contribution in [0.15, 0.2) is 24.9 Å². The highest BCUT2D eigenvalue weighted by atomic mass is 14.7. The summed E-state index contributed by atoms with van der Waals surface area (Å²) < 4.78 is 0. The molecule has 1 heteroatoms. The van der Waals surface area contributed by atoms with E-state index in [1.807, 2.05) is 32.2 Å². The Labute approximate surface area is 81.2 Å². The van der Waals surface area contributed by atoms with Crippen molar-refractivity contribution in [3.8, 4) is 0 Å². The highest BCUT2D eigenvalue weighted by molar-refractivity contribution is 5.52. The maximum Gasteiger partial charge on any atom is 0.0412 e. The largest absolute Gasteiger partial charge is 0.361 e. The summed E-state index contributed by atoms with van der Waals surface area (Å²) in [5.41, 5.74) is 3.78. The van der Waals surface area contributed by atoms with Crippen LogP contribution in [0.4, 0.5) is 0 Å². The Morgan fingerprint density at radius 3 is 2.31 bits per heavy atom. The van der Waals surface area contributed by atoms with Crippen molar-refractivity contribution in [2.45, 2.75) is 27.7 Å². The molecule has 1 N–H and O–H groups in total. The lowest BCUT2D eigenvalue weighted by Gasteiger charge is -1.89. The molecule has 0 fully saturated rings. The van der Waals surface area contributed by atoms with Crippen LogP contribution < -0.4 is 0 Å². The smallest absolute Gasteiger partial charge is 0.0412 e. The number of nitrogens with one attached hydrogen (secondary N) is 1.